The van der Waals surface area contributed by atoms with Gasteiger partial charge >= 0.3 is 0 Å². The fourth-order valence-corrected chi connectivity index (χ4v) is 1.03. The molecule has 0 aromatic heterocycles. The summed E-state index contributed by atoms with van der Waals surface area (Å²) in [6.45, 7) is 3.60. The summed E-state index contributed by atoms with van der Waals surface area (Å²) in [6.07, 6.45) is 0. The fourth-order valence-electron chi connectivity index (χ4n) is 1.03. The van der Waals surface area contributed by atoms with Crippen molar-refractivity contribution in [3.63, 3.8) is 0 Å². The maximum Gasteiger partial charge on any atom is 0.208 e. The van der Waals surface area contributed by atoms with Crippen LogP contribution in [-0.2, 0) is 4.79 Å². The van der Waals surface area contributed by atoms with E-state index in [1.807, 2.05) is 0 Å². The summed E-state index contributed by atoms with van der Waals surface area (Å²) in [6, 6.07) is 4.72. The number of ether oxygens (including phenoxy) is 1. The van der Waals surface area contributed by atoms with Crippen molar-refractivity contribution in [2.24, 2.45) is 5.92 Å². The maximum atomic E-state index is 11.3. The van der Waals surface area contributed by atoms with Crippen LogP contribution in [0.3, 0.4) is 0 Å². The molecule has 0 atom stereocenters. The highest BCUT2D eigenvalue weighted by Gasteiger charge is 2.03. The van der Waals surface area contributed by atoms with Gasteiger partial charge in [-0.2, -0.15) is 0 Å². The molecule has 0 bridgehead atoms. The number of phenolic OH excluding ortho intramolecular Hbond substituents is 1. The first-order chi connectivity index (χ1) is 7.54. The number of Topliss-reactive ketones (excluding diaryl/α,β-unsaturated/α-hetero) is 1. The zero-order valence-electron chi connectivity index (χ0n) is 9.57. The van der Waals surface area contributed by atoms with Gasteiger partial charge in [0.1, 0.15) is 0 Å². The Labute approximate surface area is 95.1 Å². The smallest absolute Gasteiger partial charge is 0.208 e. The van der Waals surface area contributed by atoms with Crippen molar-refractivity contribution in [3.8, 4) is 23.3 Å². The van der Waals surface area contributed by atoms with E-state index in [4.69, 9.17) is 4.74 Å². The lowest BCUT2D eigenvalue weighted by Crippen LogP contribution is -2.02. The number of hydrogen-bond acceptors (Lipinski definition) is 3. The Hall–Kier alpha value is -1.95. The Morgan fingerprint density at radius 1 is 1.44 bits per heavy atom. The van der Waals surface area contributed by atoms with Crippen LogP contribution in [0.4, 0.5) is 0 Å². The molecular weight excluding hydrogens is 204 g/mol. The predicted octanol–water partition coefficient (Wildman–Crippen LogP) is 1.98. The minimum absolute atomic E-state index is 0.0586. The fraction of sp³-hybridized carbons (Fsp3) is 0.308. The van der Waals surface area contributed by atoms with Crippen molar-refractivity contribution in [1.82, 2.24) is 0 Å². The van der Waals surface area contributed by atoms with E-state index in [1.54, 1.807) is 26.0 Å². The number of aromatic hydroxyl groups is 1. The molecule has 0 fully saturated rings. The van der Waals surface area contributed by atoms with Crippen molar-refractivity contribution in [3.05, 3.63) is 23.8 Å². The molecule has 0 spiro atoms. The third-order valence-corrected chi connectivity index (χ3v) is 2.03. The van der Waals surface area contributed by atoms with Crippen molar-refractivity contribution in [2.75, 3.05) is 7.11 Å². The van der Waals surface area contributed by atoms with E-state index in [0.717, 1.165) is 0 Å². The number of hydrogen-bond donors (Lipinski definition) is 1. The van der Waals surface area contributed by atoms with Gasteiger partial charge in [0.15, 0.2) is 11.5 Å². The van der Waals surface area contributed by atoms with Gasteiger partial charge in [0.25, 0.3) is 0 Å². The number of carbonyl (C=O) groups excluding carboxylic acids is 1. The lowest BCUT2D eigenvalue weighted by Gasteiger charge is -2.02. The molecule has 0 amide bonds. The molecule has 1 aromatic rings. The van der Waals surface area contributed by atoms with Gasteiger partial charge < -0.3 is 9.84 Å². The first kappa shape index (κ1) is 12.1. The van der Waals surface area contributed by atoms with Gasteiger partial charge in [-0.3, -0.25) is 4.79 Å². The van der Waals surface area contributed by atoms with E-state index >= 15 is 0 Å². The Kier molecular flexibility index (Phi) is 3.96. The molecule has 0 aliphatic carbocycles. The summed E-state index contributed by atoms with van der Waals surface area (Å²) in [5.41, 5.74) is 0.642. The van der Waals surface area contributed by atoms with E-state index in [1.165, 1.54) is 13.2 Å². The average Bonchev–Trinajstić information content (AvgIpc) is 2.27. The van der Waals surface area contributed by atoms with Crippen molar-refractivity contribution < 1.29 is 14.6 Å². The summed E-state index contributed by atoms with van der Waals surface area (Å²) in [7, 11) is 1.46. The van der Waals surface area contributed by atoms with Crippen LogP contribution in [0.25, 0.3) is 0 Å². The Balaban J connectivity index is 2.94. The predicted molar refractivity (Wildman–Crippen MR) is 61.4 cm³/mol. The van der Waals surface area contributed by atoms with Crippen molar-refractivity contribution in [1.29, 1.82) is 0 Å². The number of rotatable bonds is 2. The Morgan fingerprint density at radius 3 is 2.69 bits per heavy atom. The summed E-state index contributed by atoms with van der Waals surface area (Å²) in [5, 5.41) is 9.36. The van der Waals surface area contributed by atoms with E-state index in [0.29, 0.717) is 11.3 Å². The Morgan fingerprint density at radius 2 is 2.12 bits per heavy atom. The molecule has 0 heterocycles. The van der Waals surface area contributed by atoms with Crippen LogP contribution < -0.4 is 4.74 Å². The topological polar surface area (TPSA) is 46.5 Å². The molecule has 1 rings (SSSR count). The number of benzene rings is 1. The molecule has 0 aliphatic rings. The molecule has 3 nitrogen and oxygen atoms in total. The summed E-state index contributed by atoms with van der Waals surface area (Å²) in [4.78, 5) is 11.3. The van der Waals surface area contributed by atoms with Crippen LogP contribution in [0, 0.1) is 17.8 Å². The highest BCUT2D eigenvalue weighted by molar-refractivity contribution is 5.97. The van der Waals surface area contributed by atoms with Crippen LogP contribution in [0.1, 0.15) is 19.4 Å². The molecule has 1 aromatic carbocycles. The second-order valence-corrected chi connectivity index (χ2v) is 3.66. The normalized spacial score (nSPS) is 9.50. The standard InChI is InChI=1S/C13H14O3/c1-9(2)11(14)6-4-10-5-7-12(15)13(8-10)16-3/h5,7-9,15H,1-3H3. The molecule has 0 saturated heterocycles. The molecule has 0 unspecified atom stereocenters. The maximum absolute atomic E-state index is 11.3. The van der Waals surface area contributed by atoms with Crippen LogP contribution in [0.5, 0.6) is 11.5 Å². The van der Waals surface area contributed by atoms with Gasteiger partial charge in [-0.1, -0.05) is 19.8 Å². The van der Waals surface area contributed by atoms with Crippen molar-refractivity contribution in [2.45, 2.75) is 13.8 Å². The molecule has 1 N–H and O–H groups in total. The molecule has 16 heavy (non-hydrogen) atoms. The molecule has 84 valence electrons. The van der Waals surface area contributed by atoms with Gasteiger partial charge in [-0.15, -0.1) is 0 Å². The third-order valence-electron chi connectivity index (χ3n) is 2.03. The van der Waals surface area contributed by atoms with E-state index in [2.05, 4.69) is 11.8 Å². The SMILES string of the molecule is COc1cc(C#CC(=O)C(C)C)ccc1O. The zero-order valence-corrected chi connectivity index (χ0v) is 9.57. The van der Waals surface area contributed by atoms with Gasteiger partial charge in [0.05, 0.1) is 7.11 Å². The minimum atomic E-state index is -0.105. The number of methoxy groups -OCH3 is 1. The van der Waals surface area contributed by atoms with Crippen molar-refractivity contribution >= 4 is 5.78 Å². The van der Waals surface area contributed by atoms with E-state index in [-0.39, 0.29) is 17.5 Å². The molecule has 0 saturated carbocycles. The molecular formula is C13H14O3. The van der Waals surface area contributed by atoms with Crippen LogP contribution in [0.2, 0.25) is 0 Å². The molecule has 3 heteroatoms. The van der Waals surface area contributed by atoms with E-state index < -0.39 is 0 Å². The average molecular weight is 218 g/mol. The number of phenols is 1. The first-order valence-electron chi connectivity index (χ1n) is 4.97. The number of carbonyl (C=O) groups is 1. The van der Waals surface area contributed by atoms with Crippen LogP contribution in [0.15, 0.2) is 18.2 Å². The second kappa shape index (κ2) is 5.22. The lowest BCUT2D eigenvalue weighted by atomic mass is 10.1. The first-order valence-corrected chi connectivity index (χ1v) is 4.97. The van der Waals surface area contributed by atoms with Gasteiger partial charge in [0.2, 0.25) is 5.78 Å². The van der Waals surface area contributed by atoms with Gasteiger partial charge in [-0.25, -0.2) is 0 Å². The highest BCUT2D eigenvalue weighted by Crippen LogP contribution is 2.25. The second-order valence-electron chi connectivity index (χ2n) is 3.66. The zero-order chi connectivity index (χ0) is 12.1. The van der Waals surface area contributed by atoms with Crippen LogP contribution >= 0.6 is 0 Å². The molecule has 0 aliphatic heterocycles. The third kappa shape index (κ3) is 3.03. The summed E-state index contributed by atoms with van der Waals surface area (Å²) >= 11 is 0. The van der Waals surface area contributed by atoms with E-state index in [9.17, 15) is 9.90 Å². The minimum Gasteiger partial charge on any atom is -0.504 e. The Bertz CT molecular complexity index is 450. The molecule has 0 radical (unpaired) electrons. The summed E-state index contributed by atoms with van der Waals surface area (Å²) in [5.74, 6) is 5.49. The quantitative estimate of drug-likeness (QED) is 0.772. The van der Waals surface area contributed by atoms with Crippen LogP contribution in [-0.4, -0.2) is 18.0 Å². The summed E-state index contributed by atoms with van der Waals surface area (Å²) < 4.78 is 4.94. The largest absolute Gasteiger partial charge is 0.504 e. The van der Waals surface area contributed by atoms with Gasteiger partial charge in [0, 0.05) is 11.5 Å². The number of ketones is 1. The van der Waals surface area contributed by atoms with Gasteiger partial charge in [-0.05, 0) is 24.1 Å². The lowest BCUT2D eigenvalue weighted by molar-refractivity contribution is -0.116. The highest BCUT2D eigenvalue weighted by atomic mass is 16.5. The monoisotopic (exact) mass is 218 g/mol.